The van der Waals surface area contributed by atoms with Crippen molar-refractivity contribution in [3.05, 3.63) is 17.9 Å². The minimum absolute atomic E-state index is 0.101. The highest BCUT2D eigenvalue weighted by atomic mass is 16.4. The van der Waals surface area contributed by atoms with Crippen molar-refractivity contribution in [2.75, 3.05) is 18.1 Å². The van der Waals surface area contributed by atoms with Crippen LogP contribution in [0.15, 0.2) is 16.5 Å². The first kappa shape index (κ1) is 10.2. The van der Waals surface area contributed by atoms with Crippen molar-refractivity contribution in [1.29, 1.82) is 0 Å². The second kappa shape index (κ2) is 3.70. The molecule has 1 aliphatic rings. The average molecular weight is 209 g/mol. The van der Waals surface area contributed by atoms with E-state index in [9.17, 15) is 9.90 Å². The molecule has 1 aromatic rings. The summed E-state index contributed by atoms with van der Waals surface area (Å²) in [5.74, 6) is 1.00. The Labute approximate surface area is 88.5 Å². The fourth-order valence-corrected chi connectivity index (χ4v) is 2.11. The summed E-state index contributed by atoms with van der Waals surface area (Å²) in [6.45, 7) is 2.97. The van der Waals surface area contributed by atoms with E-state index in [1.807, 2.05) is 11.8 Å². The summed E-state index contributed by atoms with van der Waals surface area (Å²) in [7, 11) is 0. The van der Waals surface area contributed by atoms with Gasteiger partial charge in [-0.15, -0.1) is 0 Å². The Hall–Kier alpha value is -1.29. The van der Waals surface area contributed by atoms with Gasteiger partial charge in [0.1, 0.15) is 0 Å². The van der Waals surface area contributed by atoms with Gasteiger partial charge in [-0.05, 0) is 25.8 Å². The van der Waals surface area contributed by atoms with E-state index in [0.717, 1.165) is 19.4 Å². The van der Waals surface area contributed by atoms with Crippen LogP contribution in [-0.2, 0) is 0 Å². The van der Waals surface area contributed by atoms with Gasteiger partial charge < -0.3 is 14.4 Å². The van der Waals surface area contributed by atoms with Crippen LogP contribution in [0.2, 0.25) is 0 Å². The summed E-state index contributed by atoms with van der Waals surface area (Å²) >= 11 is 0. The summed E-state index contributed by atoms with van der Waals surface area (Å²) in [6.07, 6.45) is 2.67. The molecule has 1 atom stereocenters. The van der Waals surface area contributed by atoms with Gasteiger partial charge >= 0.3 is 0 Å². The molecule has 1 aromatic heterocycles. The fourth-order valence-electron chi connectivity index (χ4n) is 2.11. The Morgan fingerprint density at radius 2 is 2.47 bits per heavy atom. The minimum atomic E-state index is -0.252. The largest absolute Gasteiger partial charge is 0.438 e. The summed E-state index contributed by atoms with van der Waals surface area (Å²) in [6, 6.07) is 3.43. The molecule has 1 aliphatic heterocycles. The van der Waals surface area contributed by atoms with Gasteiger partial charge in [0.2, 0.25) is 0 Å². The smallest absolute Gasteiger partial charge is 0.196 e. The molecule has 0 saturated carbocycles. The molecule has 1 N–H and O–H groups in total. The first-order valence-electron chi connectivity index (χ1n) is 5.13. The first-order valence-corrected chi connectivity index (χ1v) is 5.13. The zero-order chi connectivity index (χ0) is 10.9. The molecule has 0 aliphatic carbocycles. The van der Waals surface area contributed by atoms with Gasteiger partial charge in [-0.25, -0.2) is 0 Å². The Morgan fingerprint density at radius 1 is 1.67 bits per heavy atom. The van der Waals surface area contributed by atoms with Crippen LogP contribution in [0, 0.1) is 0 Å². The minimum Gasteiger partial charge on any atom is -0.438 e. The summed E-state index contributed by atoms with van der Waals surface area (Å²) in [5.41, 5.74) is -0.252. The van der Waals surface area contributed by atoms with Crippen LogP contribution in [-0.4, -0.2) is 30.1 Å². The summed E-state index contributed by atoms with van der Waals surface area (Å²) < 4.78 is 5.36. The highest BCUT2D eigenvalue weighted by Crippen LogP contribution is 2.34. The maximum Gasteiger partial charge on any atom is 0.196 e. The Kier molecular flexibility index (Phi) is 2.52. The Morgan fingerprint density at radius 3 is 3.07 bits per heavy atom. The molecule has 0 aromatic carbocycles. The average Bonchev–Trinajstić information content (AvgIpc) is 2.84. The SMILES string of the molecule is CC1(CO)CCCN1c1ccc(C=O)o1. The van der Waals surface area contributed by atoms with Crippen LogP contribution < -0.4 is 4.90 Å². The molecule has 82 valence electrons. The topological polar surface area (TPSA) is 53.7 Å². The molecule has 0 radical (unpaired) electrons. The van der Waals surface area contributed by atoms with Crippen molar-refractivity contribution >= 4 is 12.2 Å². The maximum atomic E-state index is 10.5. The molecular formula is C11H15NO3. The van der Waals surface area contributed by atoms with Crippen LogP contribution in [0.25, 0.3) is 0 Å². The molecule has 15 heavy (non-hydrogen) atoms. The number of aliphatic hydroxyl groups is 1. The molecule has 0 bridgehead atoms. The Balaban J connectivity index is 2.26. The molecule has 1 saturated heterocycles. The highest BCUT2D eigenvalue weighted by molar-refractivity contribution is 5.71. The van der Waals surface area contributed by atoms with Crippen LogP contribution in [0.1, 0.15) is 30.3 Å². The zero-order valence-electron chi connectivity index (χ0n) is 8.77. The van der Waals surface area contributed by atoms with Crippen LogP contribution in [0.5, 0.6) is 0 Å². The van der Waals surface area contributed by atoms with Crippen LogP contribution in [0.3, 0.4) is 0 Å². The number of nitrogens with zero attached hydrogens (tertiary/aromatic N) is 1. The number of rotatable bonds is 3. The second-order valence-electron chi connectivity index (χ2n) is 4.20. The van der Waals surface area contributed by atoms with Gasteiger partial charge in [0, 0.05) is 12.6 Å². The van der Waals surface area contributed by atoms with Gasteiger partial charge in [0.25, 0.3) is 0 Å². The van der Waals surface area contributed by atoms with E-state index < -0.39 is 0 Å². The molecule has 0 amide bonds. The van der Waals surface area contributed by atoms with Crippen molar-refractivity contribution < 1.29 is 14.3 Å². The van der Waals surface area contributed by atoms with E-state index in [1.54, 1.807) is 12.1 Å². The molecule has 4 heteroatoms. The molecule has 2 rings (SSSR count). The highest BCUT2D eigenvalue weighted by Gasteiger charge is 2.37. The molecule has 1 unspecified atom stereocenters. The van der Waals surface area contributed by atoms with Crippen molar-refractivity contribution in [2.24, 2.45) is 0 Å². The van der Waals surface area contributed by atoms with E-state index in [0.29, 0.717) is 17.9 Å². The lowest BCUT2D eigenvalue weighted by molar-refractivity contribution is 0.110. The van der Waals surface area contributed by atoms with Crippen molar-refractivity contribution in [1.82, 2.24) is 0 Å². The number of carbonyl (C=O) groups excluding carboxylic acids is 1. The van der Waals surface area contributed by atoms with Crippen molar-refractivity contribution in [2.45, 2.75) is 25.3 Å². The normalized spacial score (nSPS) is 25.9. The molecule has 4 nitrogen and oxygen atoms in total. The van der Waals surface area contributed by atoms with Crippen molar-refractivity contribution in [3.63, 3.8) is 0 Å². The standard InChI is InChI=1S/C11H15NO3/c1-11(8-14)5-2-6-12(11)10-4-3-9(7-13)15-10/h3-4,7,14H,2,5-6,8H2,1H3. The van der Waals surface area contributed by atoms with E-state index in [-0.39, 0.29) is 12.1 Å². The number of carbonyl (C=O) groups is 1. The molecule has 1 fully saturated rings. The van der Waals surface area contributed by atoms with E-state index in [1.165, 1.54) is 0 Å². The summed E-state index contributed by atoms with van der Waals surface area (Å²) in [4.78, 5) is 12.5. The quantitative estimate of drug-likeness (QED) is 0.765. The lowest BCUT2D eigenvalue weighted by atomic mass is 10.0. The molecule has 2 heterocycles. The second-order valence-corrected chi connectivity index (χ2v) is 4.20. The van der Waals surface area contributed by atoms with Crippen molar-refractivity contribution in [3.8, 4) is 0 Å². The maximum absolute atomic E-state index is 10.5. The fraction of sp³-hybridized carbons (Fsp3) is 0.545. The van der Waals surface area contributed by atoms with Gasteiger partial charge in [-0.2, -0.15) is 0 Å². The van der Waals surface area contributed by atoms with Crippen LogP contribution >= 0.6 is 0 Å². The molecular weight excluding hydrogens is 194 g/mol. The monoisotopic (exact) mass is 209 g/mol. The molecule has 0 spiro atoms. The number of anilines is 1. The third-order valence-electron chi connectivity index (χ3n) is 3.08. The third kappa shape index (κ3) is 1.65. The van der Waals surface area contributed by atoms with Gasteiger partial charge in [-0.1, -0.05) is 0 Å². The number of hydrogen-bond acceptors (Lipinski definition) is 4. The predicted octanol–water partition coefficient (Wildman–Crippen LogP) is 1.44. The number of furan rings is 1. The third-order valence-corrected chi connectivity index (χ3v) is 3.08. The lowest BCUT2D eigenvalue weighted by Gasteiger charge is -2.33. The Bertz CT molecular complexity index is 360. The van der Waals surface area contributed by atoms with Gasteiger partial charge in [0.15, 0.2) is 17.9 Å². The first-order chi connectivity index (χ1) is 7.19. The predicted molar refractivity (Wildman–Crippen MR) is 56.2 cm³/mol. The zero-order valence-corrected chi connectivity index (χ0v) is 8.77. The van der Waals surface area contributed by atoms with Gasteiger partial charge in [-0.3, -0.25) is 4.79 Å². The lowest BCUT2D eigenvalue weighted by Crippen LogP contribution is -2.44. The van der Waals surface area contributed by atoms with Crippen LogP contribution in [0.4, 0.5) is 5.88 Å². The number of hydrogen-bond donors (Lipinski definition) is 1. The van der Waals surface area contributed by atoms with E-state index >= 15 is 0 Å². The number of aldehydes is 1. The summed E-state index contributed by atoms with van der Waals surface area (Å²) in [5, 5.41) is 9.37. The van der Waals surface area contributed by atoms with E-state index in [4.69, 9.17) is 4.42 Å². The van der Waals surface area contributed by atoms with E-state index in [2.05, 4.69) is 0 Å². The van der Waals surface area contributed by atoms with Gasteiger partial charge in [0.05, 0.1) is 12.1 Å². The number of aliphatic hydroxyl groups excluding tert-OH is 1.